The van der Waals surface area contributed by atoms with Crippen LogP contribution in [-0.4, -0.2) is 11.9 Å². The molecular weight excluding hydrogens is 474 g/mol. The molecule has 160 valence electrons. The summed E-state index contributed by atoms with van der Waals surface area (Å²) in [5.74, 6) is 1.11. The fourth-order valence-corrected chi connectivity index (χ4v) is 6.28. The minimum Gasteiger partial charge on any atom is -0.489 e. The van der Waals surface area contributed by atoms with Crippen LogP contribution in [0.2, 0.25) is 5.02 Å². The number of nitrogens with zero attached hydrogens (tertiary/aromatic N) is 1. The van der Waals surface area contributed by atoms with Gasteiger partial charge in [-0.1, -0.05) is 61.3 Å². The zero-order valence-corrected chi connectivity index (χ0v) is 20.5. The Morgan fingerprint density at radius 3 is 2.52 bits per heavy atom. The Kier molecular flexibility index (Phi) is 5.56. The van der Waals surface area contributed by atoms with E-state index >= 15 is 0 Å². The van der Waals surface area contributed by atoms with Crippen molar-refractivity contribution in [2.24, 2.45) is 16.7 Å². The number of halogens is 2. The number of nitriles is 1. The lowest BCUT2D eigenvalue weighted by atomic mass is 9.44. The first-order valence-electron chi connectivity index (χ1n) is 10.4. The number of ketones is 1. The van der Waals surface area contributed by atoms with Crippen LogP contribution in [0, 0.1) is 28.1 Å². The summed E-state index contributed by atoms with van der Waals surface area (Å²) in [5.41, 5.74) is 3.00. The molecule has 2 aliphatic carbocycles. The molecule has 0 heterocycles. The van der Waals surface area contributed by atoms with E-state index in [4.69, 9.17) is 21.6 Å². The van der Waals surface area contributed by atoms with Gasteiger partial charge in [0.15, 0.2) is 5.78 Å². The molecule has 0 aliphatic heterocycles. The van der Waals surface area contributed by atoms with E-state index in [0.29, 0.717) is 22.3 Å². The summed E-state index contributed by atoms with van der Waals surface area (Å²) in [6, 6.07) is 13.2. The summed E-state index contributed by atoms with van der Waals surface area (Å²) >= 11 is 9.68. The van der Waals surface area contributed by atoms with E-state index in [1.807, 2.05) is 18.2 Å². The van der Waals surface area contributed by atoms with E-state index in [0.717, 1.165) is 34.0 Å². The maximum atomic E-state index is 13.1. The summed E-state index contributed by atoms with van der Waals surface area (Å²) in [6.07, 6.45) is 3.59. The highest BCUT2D eigenvalue weighted by molar-refractivity contribution is 9.10. The van der Waals surface area contributed by atoms with Crippen molar-refractivity contribution in [3.63, 3.8) is 0 Å². The topological polar surface area (TPSA) is 50.1 Å². The molecule has 5 heteroatoms. The first-order chi connectivity index (χ1) is 14.6. The number of rotatable bonds is 4. The molecule has 0 N–H and O–H groups in total. The molecule has 0 bridgehead atoms. The van der Waals surface area contributed by atoms with Crippen LogP contribution in [0.3, 0.4) is 0 Å². The zero-order chi connectivity index (χ0) is 22.6. The van der Waals surface area contributed by atoms with Gasteiger partial charge in [-0.2, -0.15) is 5.26 Å². The number of hydrogen-bond acceptors (Lipinski definition) is 3. The van der Waals surface area contributed by atoms with Gasteiger partial charge in [-0.05, 0) is 60.2 Å². The van der Waals surface area contributed by atoms with Crippen molar-refractivity contribution in [2.45, 2.75) is 46.6 Å². The summed E-state index contributed by atoms with van der Waals surface area (Å²) in [6.45, 7) is 8.82. The van der Waals surface area contributed by atoms with Gasteiger partial charge in [0.1, 0.15) is 17.9 Å². The number of carbonyl (C=O) groups excluding carboxylic acids is 1. The fourth-order valence-electron chi connectivity index (χ4n) is 5.66. The average Bonchev–Trinajstić information content (AvgIpc) is 2.71. The largest absolute Gasteiger partial charge is 0.489 e. The van der Waals surface area contributed by atoms with Crippen LogP contribution in [0.1, 0.15) is 55.6 Å². The predicted molar refractivity (Wildman–Crippen MR) is 127 cm³/mol. The normalized spacial score (nSPS) is 23.3. The van der Waals surface area contributed by atoms with Gasteiger partial charge in [-0.15, -0.1) is 0 Å². The second-order valence-electron chi connectivity index (χ2n) is 9.71. The molecule has 0 radical (unpaired) electrons. The molecule has 0 amide bonds. The highest BCUT2D eigenvalue weighted by Crippen LogP contribution is 2.62. The Hall–Kier alpha value is -2.09. The zero-order valence-electron chi connectivity index (χ0n) is 18.1. The molecule has 2 aromatic carbocycles. The van der Waals surface area contributed by atoms with E-state index in [2.05, 4.69) is 55.8 Å². The van der Waals surface area contributed by atoms with E-state index in [1.165, 1.54) is 0 Å². The Morgan fingerprint density at radius 1 is 1.16 bits per heavy atom. The molecule has 1 fully saturated rings. The third kappa shape index (κ3) is 3.73. The molecule has 4 rings (SSSR count). The minimum atomic E-state index is -0.120. The highest BCUT2D eigenvalue weighted by atomic mass is 79.9. The quantitative estimate of drug-likeness (QED) is 0.449. The molecule has 1 saturated carbocycles. The molecule has 0 spiro atoms. The number of allylic oxidation sites excluding steroid dienone is 2. The van der Waals surface area contributed by atoms with Crippen LogP contribution in [0.4, 0.5) is 0 Å². The van der Waals surface area contributed by atoms with Crippen molar-refractivity contribution in [1.82, 2.24) is 0 Å². The van der Waals surface area contributed by atoms with Crippen LogP contribution >= 0.6 is 27.5 Å². The van der Waals surface area contributed by atoms with E-state index in [-0.39, 0.29) is 22.7 Å². The van der Waals surface area contributed by atoms with Gasteiger partial charge in [0.05, 0.1) is 10.6 Å². The van der Waals surface area contributed by atoms with Gasteiger partial charge in [0, 0.05) is 26.9 Å². The number of fused-ring (bicyclic) bond motifs is 1. The lowest BCUT2D eigenvalue weighted by Crippen LogP contribution is -2.66. The molecule has 2 aliphatic rings. The summed E-state index contributed by atoms with van der Waals surface area (Å²) in [5, 5.41) is 9.49. The third-order valence-corrected chi connectivity index (χ3v) is 7.86. The van der Waals surface area contributed by atoms with E-state index < -0.39 is 0 Å². The predicted octanol–water partition coefficient (Wildman–Crippen LogP) is 7.16. The van der Waals surface area contributed by atoms with Crippen molar-refractivity contribution in [1.29, 1.82) is 5.26 Å². The van der Waals surface area contributed by atoms with Crippen molar-refractivity contribution in [3.05, 3.63) is 74.2 Å². The standard InChI is InChI=1S/C26H25BrClNO2/c1-25(2)22(12-16-6-5-15-11-18(27)8-10-20(15)23(16)30)26(3,4)24(25)31-19-9-7-17(14-29)21(28)13-19/h6-11,13,22,24H,5,12H2,1-4H3. The van der Waals surface area contributed by atoms with Gasteiger partial charge in [0.25, 0.3) is 0 Å². The molecule has 3 nitrogen and oxygen atoms in total. The Labute approximate surface area is 197 Å². The number of carbonyl (C=O) groups is 1. The lowest BCUT2D eigenvalue weighted by Gasteiger charge is -2.63. The van der Waals surface area contributed by atoms with Gasteiger partial charge in [-0.25, -0.2) is 0 Å². The maximum Gasteiger partial charge on any atom is 0.188 e. The van der Waals surface area contributed by atoms with Crippen LogP contribution in [0.25, 0.3) is 0 Å². The maximum absolute atomic E-state index is 13.1. The summed E-state index contributed by atoms with van der Waals surface area (Å²) in [4.78, 5) is 13.1. The van der Waals surface area contributed by atoms with Gasteiger partial charge >= 0.3 is 0 Å². The SMILES string of the molecule is CC1(C)C(CC2=CCc3cc(Br)ccc3C2=O)C(C)(C)C1Oc1ccc(C#N)c(Cl)c1. The summed E-state index contributed by atoms with van der Waals surface area (Å²) in [7, 11) is 0. The second-order valence-corrected chi connectivity index (χ2v) is 11.0. The number of Topliss-reactive ketones (excluding diaryl/α,β-unsaturated/α-hetero) is 1. The first kappa shape index (κ1) is 22.1. The monoisotopic (exact) mass is 497 g/mol. The lowest BCUT2D eigenvalue weighted by molar-refractivity contribution is -0.197. The van der Waals surface area contributed by atoms with Crippen LogP contribution in [-0.2, 0) is 6.42 Å². The average molecular weight is 499 g/mol. The summed E-state index contributed by atoms with van der Waals surface area (Å²) < 4.78 is 7.37. The van der Waals surface area contributed by atoms with Crippen molar-refractivity contribution >= 4 is 33.3 Å². The number of benzene rings is 2. The first-order valence-corrected chi connectivity index (χ1v) is 11.6. The van der Waals surface area contributed by atoms with Crippen molar-refractivity contribution in [2.75, 3.05) is 0 Å². The molecule has 2 aromatic rings. The second kappa shape index (κ2) is 7.80. The van der Waals surface area contributed by atoms with Crippen LogP contribution < -0.4 is 4.74 Å². The van der Waals surface area contributed by atoms with Gasteiger partial charge in [0.2, 0.25) is 0 Å². The molecule has 31 heavy (non-hydrogen) atoms. The van der Waals surface area contributed by atoms with E-state index in [9.17, 15) is 4.79 Å². The van der Waals surface area contributed by atoms with Crippen molar-refractivity contribution in [3.8, 4) is 11.8 Å². The number of hydrogen-bond donors (Lipinski definition) is 0. The smallest absolute Gasteiger partial charge is 0.188 e. The molecule has 0 aromatic heterocycles. The van der Waals surface area contributed by atoms with E-state index in [1.54, 1.807) is 18.2 Å². The molecule has 0 unspecified atom stereocenters. The van der Waals surface area contributed by atoms with Gasteiger partial charge in [-0.3, -0.25) is 4.79 Å². The Bertz CT molecular complexity index is 1130. The van der Waals surface area contributed by atoms with Gasteiger partial charge < -0.3 is 4.74 Å². The van der Waals surface area contributed by atoms with Crippen molar-refractivity contribution < 1.29 is 9.53 Å². The molecule has 0 atom stereocenters. The Morgan fingerprint density at radius 2 is 1.87 bits per heavy atom. The third-order valence-electron chi connectivity index (χ3n) is 7.06. The minimum absolute atomic E-state index is 0.0310. The number of ether oxygens (including phenoxy) is 1. The van der Waals surface area contributed by atoms with Crippen LogP contribution in [0.5, 0.6) is 5.75 Å². The van der Waals surface area contributed by atoms with Crippen LogP contribution in [0.15, 0.2) is 52.5 Å². The fraction of sp³-hybridized carbons (Fsp3) is 0.385. The Balaban J connectivity index is 1.53. The molecular formula is C26H25BrClNO2. The molecule has 0 saturated heterocycles. The highest BCUT2D eigenvalue weighted by Gasteiger charge is 2.63.